The highest BCUT2D eigenvalue weighted by Gasteiger charge is 2.25. The van der Waals surface area contributed by atoms with Crippen LogP contribution in [-0.2, 0) is 25.6 Å². The third kappa shape index (κ3) is 7.33. The number of amides is 3. The molecule has 0 aliphatic heterocycles. The number of para-hydroxylation sites is 1. The molecule has 1 heterocycles. The molecule has 0 fully saturated rings. The van der Waals surface area contributed by atoms with Gasteiger partial charge in [0.2, 0.25) is 17.7 Å². The molecule has 0 bridgehead atoms. The van der Waals surface area contributed by atoms with E-state index >= 15 is 0 Å². The van der Waals surface area contributed by atoms with Crippen molar-refractivity contribution in [1.29, 1.82) is 0 Å². The van der Waals surface area contributed by atoms with E-state index in [4.69, 9.17) is 10.6 Å². The maximum atomic E-state index is 12.7. The number of carboxylic acid groups (broad SMARTS) is 1. The Morgan fingerprint density at radius 3 is 2.62 bits per heavy atom. The summed E-state index contributed by atoms with van der Waals surface area (Å²) in [5.41, 5.74) is 9.92. The van der Waals surface area contributed by atoms with Gasteiger partial charge in [0.25, 0.3) is 0 Å². The van der Waals surface area contributed by atoms with Gasteiger partial charge in [0, 0.05) is 47.9 Å². The van der Waals surface area contributed by atoms with Gasteiger partial charge in [-0.3, -0.25) is 19.2 Å². The summed E-state index contributed by atoms with van der Waals surface area (Å²) in [6.45, 7) is 1.35. The standard InChI is InChI=1S/C20H25N7O5/c1-12(25-17(28)6-9-24-27-21)19(31)26-16(20(32)22-8-7-18(29)30)10-13-11-23-15-5-3-2-4-14(13)15/h2-5,11-12,16,23H,6-10H2,1H3,(H,22,32)(H,25,28)(H,26,31)(H,29,30)/t12-,16+/m0/s1. The molecule has 0 spiro atoms. The predicted octanol–water partition coefficient (Wildman–Crippen LogP) is 0.991. The molecule has 2 aromatic rings. The molecule has 2 atom stereocenters. The Hall–Kier alpha value is -4.05. The molecular weight excluding hydrogens is 418 g/mol. The van der Waals surface area contributed by atoms with Crippen molar-refractivity contribution in [1.82, 2.24) is 20.9 Å². The second-order valence-electron chi connectivity index (χ2n) is 7.05. The highest BCUT2D eigenvalue weighted by Crippen LogP contribution is 2.19. The average molecular weight is 443 g/mol. The number of nitrogens with zero attached hydrogens (tertiary/aromatic N) is 3. The number of hydrogen-bond donors (Lipinski definition) is 5. The van der Waals surface area contributed by atoms with Crippen LogP contribution in [0.15, 0.2) is 35.6 Å². The molecule has 0 radical (unpaired) electrons. The molecule has 32 heavy (non-hydrogen) atoms. The van der Waals surface area contributed by atoms with Crippen molar-refractivity contribution in [3.05, 3.63) is 46.5 Å². The molecule has 0 saturated heterocycles. The van der Waals surface area contributed by atoms with E-state index in [9.17, 15) is 19.2 Å². The zero-order chi connectivity index (χ0) is 23.5. The smallest absolute Gasteiger partial charge is 0.305 e. The Bertz CT molecular complexity index is 1030. The van der Waals surface area contributed by atoms with Gasteiger partial charge >= 0.3 is 5.97 Å². The summed E-state index contributed by atoms with van der Waals surface area (Å²) in [5.74, 6) is -2.65. The van der Waals surface area contributed by atoms with Gasteiger partial charge in [-0.1, -0.05) is 23.3 Å². The summed E-state index contributed by atoms with van der Waals surface area (Å²) in [4.78, 5) is 53.5. The summed E-state index contributed by atoms with van der Waals surface area (Å²) < 4.78 is 0. The number of carbonyl (C=O) groups is 4. The van der Waals surface area contributed by atoms with Crippen molar-refractivity contribution < 1.29 is 24.3 Å². The minimum absolute atomic E-state index is 0.0359. The van der Waals surface area contributed by atoms with Crippen molar-refractivity contribution in [3.63, 3.8) is 0 Å². The first kappa shape index (κ1) is 24.2. The second-order valence-corrected chi connectivity index (χ2v) is 7.05. The average Bonchev–Trinajstić information content (AvgIpc) is 3.16. The molecule has 12 nitrogen and oxygen atoms in total. The molecule has 0 aliphatic rings. The first-order valence-corrected chi connectivity index (χ1v) is 9.97. The predicted molar refractivity (Wildman–Crippen MR) is 115 cm³/mol. The molecule has 3 amide bonds. The lowest BCUT2D eigenvalue weighted by Gasteiger charge is -2.21. The Morgan fingerprint density at radius 2 is 1.91 bits per heavy atom. The van der Waals surface area contributed by atoms with Gasteiger partial charge in [0.05, 0.1) is 6.42 Å². The van der Waals surface area contributed by atoms with E-state index in [0.29, 0.717) is 0 Å². The third-order valence-corrected chi connectivity index (χ3v) is 4.64. The molecule has 12 heteroatoms. The van der Waals surface area contributed by atoms with Gasteiger partial charge < -0.3 is 26.0 Å². The van der Waals surface area contributed by atoms with E-state index in [1.165, 1.54) is 6.92 Å². The quantitative estimate of drug-likeness (QED) is 0.185. The van der Waals surface area contributed by atoms with E-state index in [1.807, 2.05) is 24.3 Å². The Balaban J connectivity index is 2.08. The fourth-order valence-corrected chi connectivity index (χ4v) is 3.02. The van der Waals surface area contributed by atoms with Crippen molar-refractivity contribution in [2.24, 2.45) is 5.11 Å². The highest BCUT2D eigenvalue weighted by atomic mass is 16.4. The minimum Gasteiger partial charge on any atom is -0.481 e. The summed E-state index contributed by atoms with van der Waals surface area (Å²) in [6.07, 6.45) is 1.58. The molecular formula is C20H25N7O5. The van der Waals surface area contributed by atoms with Crippen molar-refractivity contribution >= 4 is 34.6 Å². The number of H-pyrrole nitrogens is 1. The van der Waals surface area contributed by atoms with E-state index in [0.717, 1.165) is 16.5 Å². The fraction of sp³-hybridized carbons (Fsp3) is 0.400. The molecule has 170 valence electrons. The van der Waals surface area contributed by atoms with E-state index < -0.39 is 35.8 Å². The number of hydrogen-bond acceptors (Lipinski definition) is 5. The Kier molecular flexibility index (Phi) is 9.05. The molecule has 0 aliphatic carbocycles. The zero-order valence-electron chi connectivity index (χ0n) is 17.5. The number of aliphatic carboxylic acids is 1. The maximum absolute atomic E-state index is 12.7. The normalized spacial score (nSPS) is 12.3. The van der Waals surface area contributed by atoms with Gasteiger partial charge in [-0.05, 0) is 24.1 Å². The first-order valence-electron chi connectivity index (χ1n) is 9.97. The van der Waals surface area contributed by atoms with Crippen molar-refractivity contribution in [2.45, 2.75) is 38.3 Å². The SMILES string of the molecule is C[C@H](NC(=O)CCN=[N+]=[N-])C(=O)N[C@H](Cc1c[nH]c2ccccc12)C(=O)NCCC(=O)O. The molecule has 1 aromatic carbocycles. The molecule has 0 saturated carbocycles. The Labute approximate surface area is 183 Å². The van der Waals surface area contributed by atoms with E-state index in [2.05, 4.69) is 31.0 Å². The van der Waals surface area contributed by atoms with Crippen LogP contribution in [0.5, 0.6) is 0 Å². The summed E-state index contributed by atoms with van der Waals surface area (Å²) in [7, 11) is 0. The Morgan fingerprint density at radius 1 is 1.16 bits per heavy atom. The lowest BCUT2D eigenvalue weighted by Crippen LogP contribution is -2.53. The van der Waals surface area contributed by atoms with Crippen LogP contribution in [-0.4, -0.2) is 59.0 Å². The number of rotatable bonds is 12. The topological polar surface area (TPSA) is 189 Å². The highest BCUT2D eigenvalue weighted by molar-refractivity contribution is 5.93. The molecule has 1 aromatic heterocycles. The number of carbonyl (C=O) groups excluding carboxylic acids is 3. The first-order chi connectivity index (χ1) is 15.3. The van der Waals surface area contributed by atoms with Crippen LogP contribution in [0.1, 0.15) is 25.3 Å². The number of azide groups is 1. The van der Waals surface area contributed by atoms with E-state index in [1.54, 1.807) is 6.20 Å². The van der Waals surface area contributed by atoms with Crippen molar-refractivity contribution in [2.75, 3.05) is 13.1 Å². The number of benzene rings is 1. The van der Waals surface area contributed by atoms with Crippen LogP contribution in [0.3, 0.4) is 0 Å². The van der Waals surface area contributed by atoms with Crippen LogP contribution in [0, 0.1) is 0 Å². The van der Waals surface area contributed by atoms with Crippen LogP contribution in [0.25, 0.3) is 21.3 Å². The van der Waals surface area contributed by atoms with Crippen LogP contribution in [0.4, 0.5) is 0 Å². The van der Waals surface area contributed by atoms with Crippen LogP contribution >= 0.6 is 0 Å². The van der Waals surface area contributed by atoms with Crippen molar-refractivity contribution in [3.8, 4) is 0 Å². The minimum atomic E-state index is -1.06. The monoisotopic (exact) mass is 443 g/mol. The lowest BCUT2D eigenvalue weighted by molar-refractivity contribution is -0.137. The number of aromatic nitrogens is 1. The second kappa shape index (κ2) is 12.0. The molecule has 5 N–H and O–H groups in total. The van der Waals surface area contributed by atoms with Crippen LogP contribution < -0.4 is 16.0 Å². The number of fused-ring (bicyclic) bond motifs is 1. The van der Waals surface area contributed by atoms with Crippen LogP contribution in [0.2, 0.25) is 0 Å². The van der Waals surface area contributed by atoms with Gasteiger partial charge in [-0.25, -0.2) is 0 Å². The summed E-state index contributed by atoms with van der Waals surface area (Å²) >= 11 is 0. The largest absolute Gasteiger partial charge is 0.481 e. The fourth-order valence-electron chi connectivity index (χ4n) is 3.02. The van der Waals surface area contributed by atoms with Gasteiger partial charge in [-0.2, -0.15) is 0 Å². The number of nitrogens with one attached hydrogen (secondary N) is 4. The lowest BCUT2D eigenvalue weighted by atomic mass is 10.0. The summed E-state index contributed by atoms with van der Waals surface area (Å²) in [5, 5.41) is 20.6. The molecule has 0 unspecified atom stereocenters. The number of carboxylic acids is 1. The molecule has 2 rings (SSSR count). The van der Waals surface area contributed by atoms with Gasteiger partial charge in [0.1, 0.15) is 12.1 Å². The number of aromatic amines is 1. The van der Waals surface area contributed by atoms with Gasteiger partial charge in [-0.15, -0.1) is 0 Å². The van der Waals surface area contributed by atoms with Gasteiger partial charge in [0.15, 0.2) is 0 Å². The zero-order valence-corrected chi connectivity index (χ0v) is 17.5. The maximum Gasteiger partial charge on any atom is 0.305 e. The third-order valence-electron chi connectivity index (χ3n) is 4.64. The van der Waals surface area contributed by atoms with E-state index in [-0.39, 0.29) is 32.4 Å². The summed E-state index contributed by atoms with van der Waals surface area (Å²) in [6, 6.07) is 5.56.